The average molecular weight is 310 g/mol. The van der Waals surface area contributed by atoms with Crippen molar-refractivity contribution in [2.24, 2.45) is 0 Å². The molecule has 6 heteroatoms. The van der Waals surface area contributed by atoms with Gasteiger partial charge in [-0.25, -0.2) is 8.42 Å². The fourth-order valence-corrected chi connectivity index (χ4v) is 3.03. The van der Waals surface area contributed by atoms with Gasteiger partial charge in [-0.2, -0.15) is 0 Å². The fraction of sp³-hybridized carbons (Fsp3) is 0.533. The highest BCUT2D eigenvalue weighted by Gasteiger charge is 2.21. The Morgan fingerprint density at radius 1 is 1.33 bits per heavy atom. The van der Waals surface area contributed by atoms with Gasteiger partial charge in [0.05, 0.1) is 5.25 Å². The Labute approximate surface area is 126 Å². The number of anilines is 1. The molecule has 21 heavy (non-hydrogen) atoms. The molecule has 1 heterocycles. The molecule has 0 radical (unpaired) electrons. The van der Waals surface area contributed by atoms with Crippen LogP contribution in [0.2, 0.25) is 0 Å². The molecular formula is C15H22N2O3S. The van der Waals surface area contributed by atoms with Crippen LogP contribution in [0.5, 0.6) is 0 Å². The van der Waals surface area contributed by atoms with E-state index in [1.165, 1.54) is 5.56 Å². The zero-order valence-corrected chi connectivity index (χ0v) is 13.5. The first-order valence-corrected chi connectivity index (χ1v) is 8.79. The van der Waals surface area contributed by atoms with Gasteiger partial charge in [0.15, 0.2) is 0 Å². The van der Waals surface area contributed by atoms with E-state index in [1.807, 2.05) is 24.0 Å². The van der Waals surface area contributed by atoms with Gasteiger partial charge in [0, 0.05) is 25.2 Å². The van der Waals surface area contributed by atoms with Gasteiger partial charge in [0.25, 0.3) is 0 Å². The number of benzene rings is 1. The second kappa shape index (κ2) is 6.05. The number of nitrogens with zero attached hydrogens (tertiary/aromatic N) is 1. The minimum absolute atomic E-state index is 0.133. The average Bonchev–Trinajstić information content (AvgIpc) is 2.45. The molecule has 0 spiro atoms. The van der Waals surface area contributed by atoms with Crippen molar-refractivity contribution in [1.29, 1.82) is 0 Å². The summed E-state index contributed by atoms with van der Waals surface area (Å²) in [7, 11) is -3.34. The molecule has 0 bridgehead atoms. The summed E-state index contributed by atoms with van der Waals surface area (Å²) in [6.07, 6.45) is 1.31. The van der Waals surface area contributed by atoms with E-state index in [0.717, 1.165) is 18.5 Å². The third kappa shape index (κ3) is 3.56. The van der Waals surface area contributed by atoms with Gasteiger partial charge in [0.2, 0.25) is 15.9 Å². The molecule has 1 aliphatic heterocycles. The van der Waals surface area contributed by atoms with Gasteiger partial charge in [-0.3, -0.25) is 9.52 Å². The number of carbonyl (C=O) groups excluding carboxylic acids is 1. The third-order valence-electron chi connectivity index (χ3n) is 3.75. The van der Waals surface area contributed by atoms with Gasteiger partial charge in [-0.15, -0.1) is 0 Å². The van der Waals surface area contributed by atoms with Crippen molar-refractivity contribution in [3.63, 3.8) is 0 Å². The van der Waals surface area contributed by atoms with E-state index in [4.69, 9.17) is 0 Å². The zero-order chi connectivity index (χ0) is 15.6. The van der Waals surface area contributed by atoms with E-state index in [-0.39, 0.29) is 5.91 Å². The third-order valence-corrected chi connectivity index (χ3v) is 5.52. The lowest BCUT2D eigenvalue weighted by atomic mass is 9.99. The van der Waals surface area contributed by atoms with E-state index in [1.54, 1.807) is 19.9 Å². The molecule has 116 valence electrons. The molecule has 0 saturated carbocycles. The molecule has 1 amide bonds. The van der Waals surface area contributed by atoms with E-state index in [9.17, 15) is 13.2 Å². The number of hydrogen-bond donors (Lipinski definition) is 1. The van der Waals surface area contributed by atoms with Crippen molar-refractivity contribution in [3.05, 3.63) is 29.3 Å². The molecule has 0 fully saturated rings. The smallest absolute Gasteiger partial charge is 0.235 e. The van der Waals surface area contributed by atoms with Gasteiger partial charge >= 0.3 is 0 Å². The Bertz CT molecular complexity index is 638. The standard InChI is InChI=1S/C15H22N2O3S/c1-4-15(18)17-8-7-12-5-6-14(9-13(12)10-17)16-21(19,20)11(2)3/h5-6,9,11,16H,4,7-8,10H2,1-3H3. The minimum atomic E-state index is -3.34. The molecule has 1 N–H and O–H groups in total. The summed E-state index contributed by atoms with van der Waals surface area (Å²) in [5.41, 5.74) is 2.77. The van der Waals surface area contributed by atoms with Gasteiger partial charge in [-0.05, 0) is 43.5 Å². The van der Waals surface area contributed by atoms with Crippen LogP contribution in [0.4, 0.5) is 5.69 Å². The van der Waals surface area contributed by atoms with Gasteiger partial charge in [0.1, 0.15) is 0 Å². The normalized spacial score (nSPS) is 15.0. The Balaban J connectivity index is 2.21. The SMILES string of the molecule is CCC(=O)N1CCc2ccc(NS(=O)(=O)C(C)C)cc2C1. The Morgan fingerprint density at radius 3 is 2.67 bits per heavy atom. The quantitative estimate of drug-likeness (QED) is 0.926. The van der Waals surface area contributed by atoms with Crippen molar-refractivity contribution < 1.29 is 13.2 Å². The lowest BCUT2D eigenvalue weighted by molar-refractivity contribution is -0.131. The van der Waals surface area contributed by atoms with E-state index < -0.39 is 15.3 Å². The van der Waals surface area contributed by atoms with Crippen LogP contribution in [0.15, 0.2) is 18.2 Å². The molecule has 0 atom stereocenters. The van der Waals surface area contributed by atoms with E-state index in [2.05, 4.69) is 4.72 Å². The van der Waals surface area contributed by atoms with Crippen molar-refractivity contribution in [2.45, 2.75) is 45.4 Å². The number of sulfonamides is 1. The molecule has 5 nitrogen and oxygen atoms in total. The topological polar surface area (TPSA) is 66.5 Å². The van der Waals surface area contributed by atoms with Crippen LogP contribution < -0.4 is 4.72 Å². The predicted molar refractivity (Wildman–Crippen MR) is 83.5 cm³/mol. The summed E-state index contributed by atoms with van der Waals surface area (Å²) in [5, 5.41) is -0.480. The summed E-state index contributed by atoms with van der Waals surface area (Å²) in [6.45, 7) is 6.42. The van der Waals surface area contributed by atoms with Crippen LogP contribution in [0.3, 0.4) is 0 Å². The molecule has 1 aliphatic rings. The number of amides is 1. The molecule has 0 unspecified atom stereocenters. The second-order valence-corrected chi connectivity index (χ2v) is 7.84. The summed E-state index contributed by atoms with van der Waals surface area (Å²) in [5.74, 6) is 0.133. The number of fused-ring (bicyclic) bond motifs is 1. The number of hydrogen-bond acceptors (Lipinski definition) is 3. The number of nitrogens with one attached hydrogen (secondary N) is 1. The molecule has 2 rings (SSSR count). The Hall–Kier alpha value is -1.56. The maximum Gasteiger partial charge on any atom is 0.235 e. The van der Waals surface area contributed by atoms with Crippen molar-refractivity contribution >= 4 is 21.6 Å². The van der Waals surface area contributed by atoms with Crippen LogP contribution >= 0.6 is 0 Å². The van der Waals surface area contributed by atoms with E-state index >= 15 is 0 Å². The number of rotatable bonds is 4. The van der Waals surface area contributed by atoms with Crippen LogP contribution in [-0.4, -0.2) is 31.0 Å². The van der Waals surface area contributed by atoms with Gasteiger partial charge < -0.3 is 4.90 Å². The Morgan fingerprint density at radius 2 is 2.05 bits per heavy atom. The summed E-state index contributed by atoms with van der Waals surface area (Å²) in [6, 6.07) is 5.57. The first-order chi connectivity index (χ1) is 9.83. The molecule has 1 aromatic carbocycles. The predicted octanol–water partition coefficient (Wildman–Crippen LogP) is 2.13. The highest BCUT2D eigenvalue weighted by Crippen LogP contribution is 2.24. The van der Waals surface area contributed by atoms with Crippen LogP contribution in [0.25, 0.3) is 0 Å². The zero-order valence-electron chi connectivity index (χ0n) is 12.7. The van der Waals surface area contributed by atoms with Crippen LogP contribution in [0, 0.1) is 0 Å². The van der Waals surface area contributed by atoms with Crippen LogP contribution in [0.1, 0.15) is 38.3 Å². The van der Waals surface area contributed by atoms with Gasteiger partial charge in [-0.1, -0.05) is 13.0 Å². The Kier molecular flexibility index (Phi) is 4.56. The maximum absolute atomic E-state index is 11.9. The molecule has 0 aromatic heterocycles. The first kappa shape index (κ1) is 15.8. The van der Waals surface area contributed by atoms with Crippen molar-refractivity contribution in [1.82, 2.24) is 4.90 Å². The van der Waals surface area contributed by atoms with Crippen LogP contribution in [-0.2, 0) is 27.8 Å². The lowest BCUT2D eigenvalue weighted by Crippen LogP contribution is -2.35. The largest absolute Gasteiger partial charge is 0.338 e. The fourth-order valence-electron chi connectivity index (χ4n) is 2.34. The minimum Gasteiger partial charge on any atom is -0.338 e. The summed E-state index contributed by atoms with van der Waals surface area (Å²) >= 11 is 0. The number of carbonyl (C=O) groups is 1. The summed E-state index contributed by atoms with van der Waals surface area (Å²) < 4.78 is 26.4. The first-order valence-electron chi connectivity index (χ1n) is 7.24. The summed E-state index contributed by atoms with van der Waals surface area (Å²) in [4.78, 5) is 13.6. The lowest BCUT2D eigenvalue weighted by Gasteiger charge is -2.29. The molecule has 1 aromatic rings. The van der Waals surface area contributed by atoms with Crippen molar-refractivity contribution in [2.75, 3.05) is 11.3 Å². The highest BCUT2D eigenvalue weighted by molar-refractivity contribution is 7.93. The highest BCUT2D eigenvalue weighted by atomic mass is 32.2. The van der Waals surface area contributed by atoms with Crippen molar-refractivity contribution in [3.8, 4) is 0 Å². The molecular weight excluding hydrogens is 288 g/mol. The molecule has 0 aliphatic carbocycles. The second-order valence-electron chi connectivity index (χ2n) is 5.60. The maximum atomic E-state index is 11.9. The monoisotopic (exact) mass is 310 g/mol. The molecule has 0 saturated heterocycles. The van der Waals surface area contributed by atoms with E-state index in [0.29, 0.717) is 18.7 Å².